The molecule has 1 N–H and O–H groups in total. The molecular weight excluding hydrogens is 380 g/mol. The van der Waals surface area contributed by atoms with Crippen LogP contribution >= 0.6 is 22.7 Å². The van der Waals surface area contributed by atoms with Crippen LogP contribution in [0.1, 0.15) is 21.9 Å². The number of amides is 1. The fourth-order valence-corrected chi connectivity index (χ4v) is 4.80. The first-order valence-corrected chi connectivity index (χ1v) is 10.2. The maximum absolute atomic E-state index is 12.6. The molecule has 1 amide bonds. The standard InChI is InChI=1S/C19H18N4O2S2/c1-11-12(2)26-18-17(11)19(25)23(10-21-18)8-7-15(24)20-9-16-22-13-5-3-4-6-14(13)27-16/h3-6,10H,7-9H2,1-2H3,(H,20,24). The van der Waals surface area contributed by atoms with E-state index in [1.165, 1.54) is 22.2 Å². The average Bonchev–Trinajstić information content (AvgIpc) is 3.20. The first-order chi connectivity index (χ1) is 13.0. The number of aromatic nitrogens is 3. The molecule has 0 aliphatic rings. The van der Waals surface area contributed by atoms with Crippen molar-refractivity contribution in [2.45, 2.75) is 33.4 Å². The lowest BCUT2D eigenvalue weighted by Crippen LogP contribution is -2.27. The van der Waals surface area contributed by atoms with Gasteiger partial charge in [-0.25, -0.2) is 9.97 Å². The average molecular weight is 399 g/mol. The highest BCUT2D eigenvalue weighted by Gasteiger charge is 2.13. The Bertz CT molecular complexity index is 1170. The quantitative estimate of drug-likeness (QED) is 0.559. The molecule has 4 rings (SSSR count). The molecule has 0 radical (unpaired) electrons. The summed E-state index contributed by atoms with van der Waals surface area (Å²) in [5.41, 5.74) is 1.84. The zero-order chi connectivity index (χ0) is 19.0. The lowest BCUT2D eigenvalue weighted by atomic mass is 10.2. The van der Waals surface area contributed by atoms with Crippen LogP contribution in [0, 0.1) is 13.8 Å². The van der Waals surface area contributed by atoms with Crippen LogP contribution in [0.25, 0.3) is 20.4 Å². The van der Waals surface area contributed by atoms with E-state index in [-0.39, 0.29) is 17.9 Å². The molecule has 0 atom stereocenters. The summed E-state index contributed by atoms with van der Waals surface area (Å²) in [6.45, 7) is 4.63. The van der Waals surface area contributed by atoms with Crippen molar-refractivity contribution >= 4 is 49.0 Å². The summed E-state index contributed by atoms with van der Waals surface area (Å²) < 4.78 is 2.62. The van der Waals surface area contributed by atoms with Gasteiger partial charge in [0.15, 0.2) is 0 Å². The maximum Gasteiger partial charge on any atom is 0.262 e. The molecule has 0 saturated carbocycles. The first kappa shape index (κ1) is 17.8. The summed E-state index contributed by atoms with van der Waals surface area (Å²) >= 11 is 3.10. The molecule has 0 aliphatic carbocycles. The minimum atomic E-state index is -0.112. The number of thiazole rings is 1. The number of carbonyl (C=O) groups is 1. The topological polar surface area (TPSA) is 76.9 Å². The van der Waals surface area contributed by atoms with E-state index in [1.807, 2.05) is 38.1 Å². The number of fused-ring (bicyclic) bond motifs is 2. The van der Waals surface area contributed by atoms with Gasteiger partial charge in [-0.2, -0.15) is 0 Å². The first-order valence-electron chi connectivity index (χ1n) is 8.59. The van der Waals surface area contributed by atoms with E-state index in [1.54, 1.807) is 11.3 Å². The number of rotatable bonds is 5. The summed E-state index contributed by atoms with van der Waals surface area (Å²) in [6.07, 6.45) is 1.75. The molecule has 0 fully saturated rings. The van der Waals surface area contributed by atoms with Crippen molar-refractivity contribution in [3.05, 3.63) is 56.4 Å². The molecule has 3 heterocycles. The molecule has 0 saturated heterocycles. The third-order valence-electron chi connectivity index (χ3n) is 4.51. The number of carbonyl (C=O) groups excluding carboxylic acids is 1. The number of para-hydroxylation sites is 1. The summed E-state index contributed by atoms with van der Waals surface area (Å²) in [4.78, 5) is 35.5. The SMILES string of the molecule is Cc1sc2ncn(CCC(=O)NCc3nc4ccccc4s3)c(=O)c2c1C. The van der Waals surface area contributed by atoms with Crippen LogP contribution in [-0.2, 0) is 17.9 Å². The Morgan fingerprint density at radius 3 is 2.85 bits per heavy atom. The van der Waals surface area contributed by atoms with Crippen LogP contribution in [0.2, 0.25) is 0 Å². The summed E-state index contributed by atoms with van der Waals surface area (Å²) in [6, 6.07) is 7.90. The molecule has 6 nitrogen and oxygen atoms in total. The molecule has 0 spiro atoms. The van der Waals surface area contributed by atoms with E-state index in [0.29, 0.717) is 18.5 Å². The number of nitrogens with zero attached hydrogens (tertiary/aromatic N) is 3. The van der Waals surface area contributed by atoms with E-state index in [0.717, 1.165) is 30.5 Å². The number of nitrogens with one attached hydrogen (secondary N) is 1. The zero-order valence-electron chi connectivity index (χ0n) is 15.0. The van der Waals surface area contributed by atoms with Crippen LogP contribution in [0.5, 0.6) is 0 Å². The number of hydrogen-bond donors (Lipinski definition) is 1. The highest BCUT2D eigenvalue weighted by molar-refractivity contribution is 7.19. The third kappa shape index (κ3) is 3.50. The highest BCUT2D eigenvalue weighted by atomic mass is 32.1. The minimum Gasteiger partial charge on any atom is -0.350 e. The number of hydrogen-bond acceptors (Lipinski definition) is 6. The normalized spacial score (nSPS) is 11.3. The fourth-order valence-electron chi connectivity index (χ4n) is 2.91. The van der Waals surface area contributed by atoms with Crippen molar-refractivity contribution in [3.8, 4) is 0 Å². The van der Waals surface area contributed by atoms with Gasteiger partial charge in [0.1, 0.15) is 9.84 Å². The largest absolute Gasteiger partial charge is 0.350 e. The molecule has 1 aromatic carbocycles. The van der Waals surface area contributed by atoms with Gasteiger partial charge in [-0.05, 0) is 31.5 Å². The van der Waals surface area contributed by atoms with Crippen molar-refractivity contribution in [2.75, 3.05) is 0 Å². The molecule has 27 heavy (non-hydrogen) atoms. The zero-order valence-corrected chi connectivity index (χ0v) is 16.6. The van der Waals surface area contributed by atoms with Crippen LogP contribution in [0.3, 0.4) is 0 Å². The van der Waals surface area contributed by atoms with Crippen LogP contribution < -0.4 is 10.9 Å². The second-order valence-corrected chi connectivity index (χ2v) is 8.63. The van der Waals surface area contributed by atoms with E-state index in [2.05, 4.69) is 15.3 Å². The number of thiophene rings is 1. The molecule has 0 unspecified atom stereocenters. The number of benzene rings is 1. The Balaban J connectivity index is 1.40. The summed E-state index contributed by atoms with van der Waals surface area (Å²) in [5.74, 6) is -0.112. The van der Waals surface area contributed by atoms with E-state index >= 15 is 0 Å². The molecule has 0 bridgehead atoms. The predicted octanol–water partition coefficient (Wildman–Crippen LogP) is 3.39. The van der Waals surface area contributed by atoms with Gasteiger partial charge < -0.3 is 5.32 Å². The summed E-state index contributed by atoms with van der Waals surface area (Å²) in [7, 11) is 0. The predicted molar refractivity (Wildman–Crippen MR) is 109 cm³/mol. The van der Waals surface area contributed by atoms with Crippen molar-refractivity contribution in [1.82, 2.24) is 19.9 Å². The van der Waals surface area contributed by atoms with Crippen LogP contribution in [0.4, 0.5) is 0 Å². The Labute approximate surface area is 163 Å². The third-order valence-corrected chi connectivity index (χ3v) is 6.66. The van der Waals surface area contributed by atoms with E-state index in [9.17, 15) is 9.59 Å². The Kier molecular flexibility index (Phi) is 4.75. The fraction of sp³-hybridized carbons (Fsp3) is 0.263. The lowest BCUT2D eigenvalue weighted by molar-refractivity contribution is -0.121. The van der Waals surface area contributed by atoms with Gasteiger partial charge >= 0.3 is 0 Å². The highest BCUT2D eigenvalue weighted by Crippen LogP contribution is 2.25. The molecule has 8 heteroatoms. The second-order valence-electron chi connectivity index (χ2n) is 6.31. The molecule has 4 aromatic rings. The van der Waals surface area contributed by atoms with Gasteiger partial charge in [0.25, 0.3) is 5.56 Å². The van der Waals surface area contributed by atoms with Gasteiger partial charge in [-0.3, -0.25) is 14.2 Å². The lowest BCUT2D eigenvalue weighted by Gasteiger charge is -2.06. The van der Waals surface area contributed by atoms with Crippen molar-refractivity contribution in [2.24, 2.45) is 0 Å². The van der Waals surface area contributed by atoms with Gasteiger partial charge in [-0.1, -0.05) is 12.1 Å². The molecule has 3 aromatic heterocycles. The van der Waals surface area contributed by atoms with Crippen molar-refractivity contribution in [3.63, 3.8) is 0 Å². The monoisotopic (exact) mass is 398 g/mol. The molecule has 0 aliphatic heterocycles. The van der Waals surface area contributed by atoms with E-state index in [4.69, 9.17) is 0 Å². The second kappa shape index (κ2) is 7.21. The number of aryl methyl sites for hydroxylation is 3. The van der Waals surface area contributed by atoms with Crippen molar-refractivity contribution < 1.29 is 4.79 Å². The Morgan fingerprint density at radius 1 is 1.22 bits per heavy atom. The smallest absolute Gasteiger partial charge is 0.262 e. The van der Waals surface area contributed by atoms with Crippen LogP contribution in [-0.4, -0.2) is 20.4 Å². The van der Waals surface area contributed by atoms with Crippen molar-refractivity contribution in [1.29, 1.82) is 0 Å². The molecule has 138 valence electrons. The van der Waals surface area contributed by atoms with E-state index < -0.39 is 0 Å². The Hall–Kier alpha value is -2.58. The summed E-state index contributed by atoms with van der Waals surface area (Å²) in [5, 5.41) is 4.41. The van der Waals surface area contributed by atoms with Crippen LogP contribution in [0.15, 0.2) is 35.4 Å². The molecular formula is C19H18N4O2S2. The van der Waals surface area contributed by atoms with Gasteiger partial charge in [-0.15, -0.1) is 22.7 Å². The minimum absolute atomic E-state index is 0.0826. The van der Waals surface area contributed by atoms with Gasteiger partial charge in [0.05, 0.1) is 28.5 Å². The van der Waals surface area contributed by atoms with Gasteiger partial charge in [0.2, 0.25) is 5.91 Å². The maximum atomic E-state index is 12.6. The Morgan fingerprint density at radius 2 is 2.04 bits per heavy atom. The van der Waals surface area contributed by atoms with Gasteiger partial charge in [0, 0.05) is 17.8 Å².